The Kier molecular flexibility index (Phi) is 3.61. The average Bonchev–Trinajstić information content (AvgIpc) is 2.31. The molecule has 0 amide bonds. The maximum atomic E-state index is 13.4. The summed E-state index contributed by atoms with van der Waals surface area (Å²) in [5.74, 6) is -1.22. The van der Waals surface area contributed by atoms with E-state index in [0.29, 0.717) is 14.1 Å². The number of benzene rings is 1. The highest BCUT2D eigenvalue weighted by atomic mass is 79.9. The molecule has 8 heteroatoms. The Labute approximate surface area is 118 Å². The van der Waals surface area contributed by atoms with Crippen molar-refractivity contribution in [2.45, 2.75) is 0 Å². The minimum atomic E-state index is -1.22. The van der Waals surface area contributed by atoms with Crippen LogP contribution >= 0.6 is 39.1 Å². The number of hydrogen-bond donors (Lipinski definition) is 1. The lowest BCUT2D eigenvalue weighted by Crippen LogP contribution is -2.35. The van der Waals surface area contributed by atoms with Crippen LogP contribution in [0.25, 0.3) is 5.69 Å². The van der Waals surface area contributed by atoms with Gasteiger partial charge in [0.25, 0.3) is 5.56 Å². The number of halogens is 4. The van der Waals surface area contributed by atoms with E-state index in [1.54, 1.807) is 0 Å². The summed E-state index contributed by atoms with van der Waals surface area (Å²) in [6.45, 7) is 0. The van der Waals surface area contributed by atoms with Crippen molar-refractivity contribution in [3.8, 4) is 5.69 Å². The smallest absolute Gasteiger partial charge is 0.295 e. The van der Waals surface area contributed by atoms with Gasteiger partial charge in [-0.05, 0) is 34.1 Å². The van der Waals surface area contributed by atoms with Crippen LogP contribution < -0.4 is 11.2 Å². The molecule has 2 aromatic rings. The number of aromatic amines is 1. The molecule has 0 aliphatic rings. The van der Waals surface area contributed by atoms with Gasteiger partial charge in [-0.2, -0.15) is 4.39 Å². The minimum absolute atomic E-state index is 0.174. The lowest BCUT2D eigenvalue weighted by atomic mass is 10.3. The van der Waals surface area contributed by atoms with Crippen LogP contribution in [0.2, 0.25) is 10.2 Å². The first-order valence-electron chi connectivity index (χ1n) is 4.57. The molecule has 1 heterocycles. The number of nitrogens with zero attached hydrogens (tertiary/aromatic N) is 1. The fourth-order valence-electron chi connectivity index (χ4n) is 1.35. The Hall–Kier alpha value is -1.11. The van der Waals surface area contributed by atoms with Crippen LogP contribution in [-0.4, -0.2) is 9.55 Å². The van der Waals surface area contributed by atoms with Crippen molar-refractivity contribution >= 4 is 39.1 Å². The van der Waals surface area contributed by atoms with Gasteiger partial charge in [0.2, 0.25) is 5.82 Å². The maximum absolute atomic E-state index is 13.4. The third kappa shape index (κ3) is 2.23. The van der Waals surface area contributed by atoms with Gasteiger partial charge in [0.1, 0.15) is 0 Å². The standard InChI is InChI=1S/C10H4BrCl2FN2O2/c11-5-3-4(1-2-6(5)12)16-9(17)7(14)8(13)15-10(16)18/h1-3H,(H,15,18). The molecule has 94 valence electrons. The topological polar surface area (TPSA) is 54.9 Å². The molecule has 0 bridgehead atoms. The quantitative estimate of drug-likeness (QED) is 0.801. The van der Waals surface area contributed by atoms with Crippen LogP contribution in [0.3, 0.4) is 0 Å². The molecule has 0 fully saturated rings. The second-order valence-corrected chi connectivity index (χ2v) is 4.94. The van der Waals surface area contributed by atoms with E-state index in [-0.39, 0.29) is 5.69 Å². The number of nitrogens with one attached hydrogen (secondary N) is 1. The Balaban J connectivity index is 2.80. The predicted molar refractivity (Wildman–Crippen MR) is 70.3 cm³/mol. The summed E-state index contributed by atoms with van der Waals surface area (Å²) in [6.07, 6.45) is 0. The Morgan fingerprint density at radius 2 is 1.94 bits per heavy atom. The first-order valence-corrected chi connectivity index (χ1v) is 6.12. The fourth-order valence-corrected chi connectivity index (χ4v) is 1.99. The molecule has 0 saturated heterocycles. The summed E-state index contributed by atoms with van der Waals surface area (Å²) >= 11 is 14.3. The Bertz CT molecular complexity index is 742. The molecule has 1 aromatic carbocycles. The third-order valence-corrected chi connectivity index (χ3v) is 3.64. The second-order valence-electron chi connectivity index (χ2n) is 3.30. The van der Waals surface area contributed by atoms with Gasteiger partial charge in [0, 0.05) is 4.47 Å². The molecule has 0 unspecified atom stereocenters. The zero-order valence-corrected chi connectivity index (χ0v) is 11.6. The molecule has 0 aliphatic heterocycles. The number of rotatable bonds is 1. The first-order chi connectivity index (χ1) is 8.41. The molecule has 1 N–H and O–H groups in total. The monoisotopic (exact) mass is 352 g/mol. The Morgan fingerprint density at radius 3 is 2.56 bits per heavy atom. The van der Waals surface area contributed by atoms with Crippen LogP contribution in [0.15, 0.2) is 32.3 Å². The summed E-state index contributed by atoms with van der Waals surface area (Å²) < 4.78 is 14.5. The summed E-state index contributed by atoms with van der Waals surface area (Å²) in [6, 6.07) is 4.31. The van der Waals surface area contributed by atoms with Crippen LogP contribution in [0.5, 0.6) is 0 Å². The van der Waals surface area contributed by atoms with Crippen LogP contribution in [0.1, 0.15) is 0 Å². The molecule has 0 spiro atoms. The SMILES string of the molecule is O=c1[nH]c(Cl)c(F)c(=O)n1-c1ccc(Cl)c(Br)c1. The van der Waals surface area contributed by atoms with Gasteiger partial charge in [-0.15, -0.1) is 0 Å². The molecule has 0 aliphatic carbocycles. The van der Waals surface area contributed by atoms with E-state index in [0.717, 1.165) is 0 Å². The molecule has 0 atom stereocenters. The lowest BCUT2D eigenvalue weighted by Gasteiger charge is -2.06. The van der Waals surface area contributed by atoms with Crippen LogP contribution in [0, 0.1) is 5.82 Å². The molecule has 4 nitrogen and oxygen atoms in total. The molecule has 18 heavy (non-hydrogen) atoms. The van der Waals surface area contributed by atoms with Gasteiger partial charge < -0.3 is 0 Å². The molecular weight excluding hydrogens is 350 g/mol. The molecule has 0 saturated carbocycles. The zero-order chi connectivity index (χ0) is 13.4. The normalized spacial score (nSPS) is 10.7. The maximum Gasteiger partial charge on any atom is 0.334 e. The van der Waals surface area contributed by atoms with Crippen LogP contribution in [0.4, 0.5) is 4.39 Å². The van der Waals surface area contributed by atoms with Crippen molar-refractivity contribution in [3.63, 3.8) is 0 Å². The largest absolute Gasteiger partial charge is 0.334 e. The molecule has 2 rings (SSSR count). The van der Waals surface area contributed by atoms with Gasteiger partial charge in [-0.1, -0.05) is 23.2 Å². The van der Waals surface area contributed by atoms with Crippen molar-refractivity contribution in [2.75, 3.05) is 0 Å². The first kappa shape index (κ1) is 13.3. The summed E-state index contributed by atoms with van der Waals surface area (Å²) in [7, 11) is 0. The van der Waals surface area contributed by atoms with E-state index in [1.807, 2.05) is 4.98 Å². The molecule has 1 aromatic heterocycles. The van der Waals surface area contributed by atoms with Crippen molar-refractivity contribution in [1.82, 2.24) is 9.55 Å². The van der Waals surface area contributed by atoms with Gasteiger partial charge in [0.05, 0.1) is 10.7 Å². The van der Waals surface area contributed by atoms with Crippen molar-refractivity contribution in [1.29, 1.82) is 0 Å². The predicted octanol–water partition coefficient (Wildman–Crippen LogP) is 2.73. The summed E-state index contributed by atoms with van der Waals surface area (Å²) in [5.41, 5.74) is -1.79. The van der Waals surface area contributed by atoms with Gasteiger partial charge in [0.15, 0.2) is 5.15 Å². The van der Waals surface area contributed by atoms with E-state index in [4.69, 9.17) is 23.2 Å². The third-order valence-electron chi connectivity index (χ3n) is 2.16. The van der Waals surface area contributed by atoms with E-state index >= 15 is 0 Å². The lowest BCUT2D eigenvalue weighted by molar-refractivity contribution is 0.584. The van der Waals surface area contributed by atoms with E-state index in [1.165, 1.54) is 18.2 Å². The summed E-state index contributed by atoms with van der Waals surface area (Å²) in [5, 5.41) is -0.216. The highest BCUT2D eigenvalue weighted by Gasteiger charge is 2.14. The minimum Gasteiger partial charge on any atom is -0.295 e. The second kappa shape index (κ2) is 4.87. The van der Waals surface area contributed by atoms with E-state index < -0.39 is 22.2 Å². The number of aromatic nitrogens is 2. The highest BCUT2D eigenvalue weighted by molar-refractivity contribution is 9.10. The highest BCUT2D eigenvalue weighted by Crippen LogP contribution is 2.24. The fraction of sp³-hybridized carbons (Fsp3) is 0. The van der Waals surface area contributed by atoms with Gasteiger partial charge in [-0.25, -0.2) is 9.36 Å². The number of hydrogen-bond acceptors (Lipinski definition) is 2. The summed E-state index contributed by atoms with van der Waals surface area (Å²) in [4.78, 5) is 25.3. The zero-order valence-electron chi connectivity index (χ0n) is 8.51. The van der Waals surface area contributed by atoms with Gasteiger partial charge >= 0.3 is 5.69 Å². The van der Waals surface area contributed by atoms with Crippen LogP contribution in [-0.2, 0) is 0 Å². The molecular formula is C10H4BrCl2FN2O2. The van der Waals surface area contributed by atoms with E-state index in [2.05, 4.69) is 15.9 Å². The van der Waals surface area contributed by atoms with Crippen molar-refractivity contribution < 1.29 is 4.39 Å². The average molecular weight is 354 g/mol. The van der Waals surface area contributed by atoms with E-state index in [9.17, 15) is 14.0 Å². The van der Waals surface area contributed by atoms with Crippen molar-refractivity contribution in [3.05, 3.63) is 59.5 Å². The molecule has 0 radical (unpaired) electrons. The number of H-pyrrole nitrogens is 1. The van der Waals surface area contributed by atoms with Crippen molar-refractivity contribution in [2.24, 2.45) is 0 Å². The van der Waals surface area contributed by atoms with Gasteiger partial charge in [-0.3, -0.25) is 9.78 Å². The Morgan fingerprint density at radius 1 is 1.28 bits per heavy atom.